The van der Waals surface area contributed by atoms with E-state index in [1.54, 1.807) is 0 Å². The number of hydrogen-bond acceptors (Lipinski definition) is 2. The molecule has 0 amide bonds. The number of hydrogen-bond donors (Lipinski definition) is 1. The Labute approximate surface area is 101 Å². The van der Waals surface area contributed by atoms with Crippen LogP contribution in [0.1, 0.15) is 32.1 Å². The van der Waals surface area contributed by atoms with Crippen molar-refractivity contribution in [2.45, 2.75) is 44.3 Å². The highest BCUT2D eigenvalue weighted by atomic mass is 19.4. The van der Waals surface area contributed by atoms with E-state index < -0.39 is 12.6 Å². The second-order valence-corrected chi connectivity index (χ2v) is 5.27. The molecule has 2 fully saturated rings. The minimum Gasteiger partial charge on any atom is -0.312 e. The smallest absolute Gasteiger partial charge is 0.312 e. The van der Waals surface area contributed by atoms with Gasteiger partial charge in [-0.25, -0.2) is 0 Å². The highest BCUT2D eigenvalue weighted by Gasteiger charge is 2.33. The Hall–Kier alpha value is -0.290. The first-order chi connectivity index (χ1) is 8.04. The number of alkyl halides is 3. The molecule has 0 aromatic heterocycles. The van der Waals surface area contributed by atoms with Crippen molar-refractivity contribution >= 4 is 0 Å². The molecule has 1 aliphatic carbocycles. The van der Waals surface area contributed by atoms with Crippen molar-refractivity contribution in [1.29, 1.82) is 0 Å². The van der Waals surface area contributed by atoms with E-state index in [0.717, 1.165) is 32.0 Å². The largest absolute Gasteiger partial charge is 0.389 e. The lowest BCUT2D eigenvalue weighted by molar-refractivity contribution is -0.136. The number of halogens is 3. The van der Waals surface area contributed by atoms with Crippen LogP contribution >= 0.6 is 0 Å². The molecule has 1 saturated heterocycles. The summed E-state index contributed by atoms with van der Waals surface area (Å²) < 4.78 is 36.2. The average Bonchev–Trinajstić information content (AvgIpc) is 3.02. The minimum absolute atomic E-state index is 0.237. The van der Waals surface area contributed by atoms with Gasteiger partial charge in [-0.15, -0.1) is 0 Å². The number of rotatable bonds is 4. The molecule has 1 N–H and O–H groups in total. The van der Waals surface area contributed by atoms with Crippen molar-refractivity contribution in [3.63, 3.8) is 0 Å². The van der Waals surface area contributed by atoms with Gasteiger partial charge in [-0.05, 0) is 51.2 Å². The maximum Gasteiger partial charge on any atom is 0.389 e. The van der Waals surface area contributed by atoms with Crippen LogP contribution in [0.25, 0.3) is 0 Å². The van der Waals surface area contributed by atoms with Gasteiger partial charge in [0.15, 0.2) is 0 Å². The lowest BCUT2D eigenvalue weighted by Gasteiger charge is -2.24. The van der Waals surface area contributed by atoms with E-state index in [1.807, 2.05) is 0 Å². The van der Waals surface area contributed by atoms with Gasteiger partial charge in [-0.3, -0.25) is 0 Å². The monoisotopic (exact) mass is 250 g/mol. The molecular weight excluding hydrogens is 229 g/mol. The van der Waals surface area contributed by atoms with Gasteiger partial charge in [0.25, 0.3) is 0 Å². The lowest BCUT2D eigenvalue weighted by Crippen LogP contribution is -2.39. The Morgan fingerprint density at radius 1 is 1.24 bits per heavy atom. The zero-order valence-corrected chi connectivity index (χ0v) is 10.1. The van der Waals surface area contributed by atoms with Gasteiger partial charge in [-0.2, -0.15) is 13.2 Å². The van der Waals surface area contributed by atoms with Crippen LogP contribution in [0.2, 0.25) is 0 Å². The molecule has 0 aromatic rings. The number of nitrogens with one attached hydrogen (secondary N) is 1. The van der Waals surface area contributed by atoms with Crippen LogP contribution in [0.3, 0.4) is 0 Å². The molecule has 1 saturated carbocycles. The van der Waals surface area contributed by atoms with Crippen molar-refractivity contribution in [3.8, 4) is 0 Å². The molecule has 1 unspecified atom stereocenters. The maximum atomic E-state index is 12.1. The molecule has 0 radical (unpaired) electrons. The molecule has 1 atom stereocenters. The van der Waals surface area contributed by atoms with Gasteiger partial charge < -0.3 is 10.2 Å². The Bertz CT molecular complexity index is 238. The van der Waals surface area contributed by atoms with Crippen LogP contribution < -0.4 is 5.32 Å². The van der Waals surface area contributed by atoms with Gasteiger partial charge in [-0.1, -0.05) is 0 Å². The molecule has 2 rings (SSSR count). The molecule has 0 spiro atoms. The summed E-state index contributed by atoms with van der Waals surface area (Å²) in [4.78, 5) is 2.20. The summed E-state index contributed by atoms with van der Waals surface area (Å²) in [7, 11) is 0. The summed E-state index contributed by atoms with van der Waals surface area (Å²) in [6.45, 7) is 3.47. The molecule has 2 aliphatic rings. The molecule has 1 heterocycles. The third-order valence-corrected chi connectivity index (χ3v) is 3.64. The standard InChI is InChI=1S/C12H21F3N2/c13-12(14,15)5-1-7-17-8-2-6-16-11(9-17)10-3-4-10/h10-11,16H,1-9H2. The zero-order valence-electron chi connectivity index (χ0n) is 10.1. The lowest BCUT2D eigenvalue weighted by atomic mass is 10.1. The Morgan fingerprint density at radius 2 is 2.00 bits per heavy atom. The zero-order chi connectivity index (χ0) is 12.3. The first kappa shape index (κ1) is 13.1. The van der Waals surface area contributed by atoms with E-state index >= 15 is 0 Å². The van der Waals surface area contributed by atoms with E-state index in [2.05, 4.69) is 10.2 Å². The summed E-state index contributed by atoms with van der Waals surface area (Å²) >= 11 is 0. The first-order valence-electron chi connectivity index (χ1n) is 6.57. The van der Waals surface area contributed by atoms with Crippen LogP contribution in [0.4, 0.5) is 13.2 Å². The van der Waals surface area contributed by atoms with Gasteiger partial charge >= 0.3 is 6.18 Å². The summed E-state index contributed by atoms with van der Waals surface area (Å²) in [5.41, 5.74) is 0. The van der Waals surface area contributed by atoms with Crippen LogP contribution in [0.5, 0.6) is 0 Å². The van der Waals surface area contributed by atoms with Gasteiger partial charge in [0, 0.05) is 19.0 Å². The summed E-state index contributed by atoms with van der Waals surface area (Å²) in [6, 6.07) is 0.517. The Balaban J connectivity index is 1.71. The maximum absolute atomic E-state index is 12.1. The van der Waals surface area contributed by atoms with E-state index in [9.17, 15) is 13.2 Å². The fourth-order valence-electron chi connectivity index (χ4n) is 2.54. The molecule has 1 aliphatic heterocycles. The van der Waals surface area contributed by atoms with Crippen molar-refractivity contribution < 1.29 is 13.2 Å². The highest BCUT2D eigenvalue weighted by Crippen LogP contribution is 2.33. The first-order valence-corrected chi connectivity index (χ1v) is 6.57. The van der Waals surface area contributed by atoms with E-state index in [1.165, 1.54) is 12.8 Å². The molecule has 0 aromatic carbocycles. The predicted molar refractivity (Wildman–Crippen MR) is 60.9 cm³/mol. The molecule has 5 heteroatoms. The predicted octanol–water partition coefficient (Wildman–Crippen LogP) is 2.40. The summed E-state index contributed by atoms with van der Waals surface area (Å²) in [5.74, 6) is 0.776. The highest BCUT2D eigenvalue weighted by molar-refractivity contribution is 4.90. The van der Waals surface area contributed by atoms with Gasteiger partial charge in [0.2, 0.25) is 0 Å². The minimum atomic E-state index is -4.00. The average molecular weight is 250 g/mol. The Kier molecular flexibility index (Phi) is 4.31. The van der Waals surface area contributed by atoms with Gasteiger partial charge in [0.1, 0.15) is 0 Å². The van der Waals surface area contributed by atoms with E-state index in [4.69, 9.17) is 0 Å². The van der Waals surface area contributed by atoms with Crippen LogP contribution in [-0.2, 0) is 0 Å². The number of nitrogens with zero attached hydrogens (tertiary/aromatic N) is 1. The van der Waals surface area contributed by atoms with E-state index in [-0.39, 0.29) is 6.42 Å². The van der Waals surface area contributed by atoms with Crippen LogP contribution in [0.15, 0.2) is 0 Å². The SMILES string of the molecule is FC(F)(F)CCCN1CCCNC(C2CC2)C1. The normalized spacial score (nSPS) is 28.1. The molecule has 2 nitrogen and oxygen atoms in total. The summed E-state index contributed by atoms with van der Waals surface area (Å²) in [6.07, 6.45) is -0.788. The molecule has 17 heavy (non-hydrogen) atoms. The van der Waals surface area contributed by atoms with Crippen LogP contribution in [-0.4, -0.2) is 43.3 Å². The fourth-order valence-corrected chi connectivity index (χ4v) is 2.54. The topological polar surface area (TPSA) is 15.3 Å². The third-order valence-electron chi connectivity index (χ3n) is 3.64. The quantitative estimate of drug-likeness (QED) is 0.824. The van der Waals surface area contributed by atoms with E-state index in [0.29, 0.717) is 12.6 Å². The molecular formula is C12H21F3N2. The third kappa shape index (κ3) is 4.84. The second kappa shape index (κ2) is 5.57. The van der Waals surface area contributed by atoms with Crippen molar-refractivity contribution in [3.05, 3.63) is 0 Å². The molecule has 0 bridgehead atoms. The van der Waals surface area contributed by atoms with Crippen LogP contribution in [0, 0.1) is 5.92 Å². The second-order valence-electron chi connectivity index (χ2n) is 5.27. The summed E-state index contributed by atoms with van der Waals surface area (Å²) in [5, 5.41) is 3.52. The molecule has 100 valence electrons. The van der Waals surface area contributed by atoms with Crippen molar-refractivity contribution in [2.24, 2.45) is 5.92 Å². The van der Waals surface area contributed by atoms with Gasteiger partial charge in [0.05, 0.1) is 0 Å². The fraction of sp³-hybridized carbons (Fsp3) is 1.00. The van der Waals surface area contributed by atoms with Crippen molar-refractivity contribution in [2.75, 3.05) is 26.2 Å². The van der Waals surface area contributed by atoms with Crippen molar-refractivity contribution in [1.82, 2.24) is 10.2 Å². The Morgan fingerprint density at radius 3 is 2.65 bits per heavy atom.